The molecule has 0 bridgehead atoms. The Morgan fingerprint density at radius 1 is 1.64 bits per heavy atom. The molecule has 0 aliphatic heterocycles. The molecule has 0 unspecified atom stereocenters. The van der Waals surface area contributed by atoms with Crippen molar-refractivity contribution in [3.05, 3.63) is 22.4 Å². The van der Waals surface area contributed by atoms with Crippen LogP contribution in [0.3, 0.4) is 0 Å². The van der Waals surface area contributed by atoms with Crippen molar-refractivity contribution in [2.75, 3.05) is 0 Å². The minimum absolute atomic E-state index is 0.115. The highest BCUT2D eigenvalue weighted by Gasteiger charge is 2.10. The van der Waals surface area contributed by atoms with Crippen molar-refractivity contribution >= 4 is 20.9 Å². The van der Waals surface area contributed by atoms with Gasteiger partial charge in [0.05, 0.1) is 0 Å². The van der Waals surface area contributed by atoms with Crippen LogP contribution < -0.4 is 5.73 Å². The molecule has 0 aromatic carbocycles. The summed E-state index contributed by atoms with van der Waals surface area (Å²) in [5.41, 5.74) is 5.92. The normalized spacial score (nSPS) is 13.0. The zero-order chi connectivity index (χ0) is 8.32. The van der Waals surface area contributed by atoms with Gasteiger partial charge in [-0.3, -0.25) is 0 Å². The second-order valence-electron chi connectivity index (χ2n) is 3.57. The van der Waals surface area contributed by atoms with Crippen LogP contribution in [0.4, 0.5) is 0 Å². The second-order valence-corrected chi connectivity index (χ2v) is 7.42. The topological polar surface area (TPSA) is 26.0 Å². The number of hydrogen-bond donors (Lipinski definition) is 1. The molecule has 0 aliphatic carbocycles. The van der Waals surface area contributed by atoms with Gasteiger partial charge in [-0.25, -0.2) is 0 Å². The van der Waals surface area contributed by atoms with Crippen molar-refractivity contribution in [2.45, 2.75) is 25.1 Å². The van der Waals surface area contributed by atoms with Gasteiger partial charge in [-0.1, -0.05) is 19.9 Å². The van der Waals surface area contributed by atoms with Crippen LogP contribution in [0.2, 0.25) is 0 Å². The highest BCUT2D eigenvalue weighted by Crippen LogP contribution is 2.10. The van der Waals surface area contributed by atoms with Crippen molar-refractivity contribution in [1.29, 1.82) is 0 Å². The first-order valence-electron chi connectivity index (χ1n) is 3.89. The molecule has 0 amide bonds. The lowest BCUT2D eigenvalue weighted by molar-refractivity contribution is 0.725. The van der Waals surface area contributed by atoms with E-state index in [0.717, 1.165) is 0 Å². The van der Waals surface area contributed by atoms with Gasteiger partial charge in [0.15, 0.2) is 0 Å². The average molecular weight is 185 g/mol. The molecule has 0 radical (unpaired) electrons. The highest BCUT2D eigenvalue weighted by atomic mass is 32.1. The largest absolute Gasteiger partial charge is 0.329 e. The summed E-state index contributed by atoms with van der Waals surface area (Å²) in [7, 11) is -0.131. The lowest BCUT2D eigenvalue weighted by Gasteiger charge is -2.16. The Morgan fingerprint density at radius 2 is 2.36 bits per heavy atom. The van der Waals surface area contributed by atoms with Crippen LogP contribution in [0.1, 0.15) is 18.7 Å². The summed E-state index contributed by atoms with van der Waals surface area (Å²) in [6.07, 6.45) is 0. The van der Waals surface area contributed by atoms with E-state index in [9.17, 15) is 0 Å². The third kappa shape index (κ3) is 3.70. The second kappa shape index (κ2) is 3.52. The van der Waals surface area contributed by atoms with Crippen molar-refractivity contribution < 1.29 is 0 Å². The van der Waals surface area contributed by atoms with Crippen LogP contribution in [-0.4, -0.2) is 14.7 Å². The van der Waals surface area contributed by atoms with Crippen LogP contribution in [0.15, 0.2) is 17.5 Å². The summed E-state index contributed by atoms with van der Waals surface area (Å²) < 4.78 is 0. The molecule has 11 heavy (non-hydrogen) atoms. The summed E-state index contributed by atoms with van der Waals surface area (Å²) in [5.74, 6) is 0. The molecular weight excluding hydrogens is 170 g/mol. The van der Waals surface area contributed by atoms with Gasteiger partial charge in [0.25, 0.3) is 0 Å². The molecule has 0 spiro atoms. The van der Waals surface area contributed by atoms with E-state index in [4.69, 9.17) is 5.73 Å². The molecule has 1 heterocycles. The zero-order valence-electron chi connectivity index (χ0n) is 7.13. The first-order chi connectivity index (χ1) is 5.08. The molecule has 0 saturated heterocycles. The predicted octanol–water partition coefficient (Wildman–Crippen LogP) is 1.11. The monoisotopic (exact) mass is 185 g/mol. The van der Waals surface area contributed by atoms with Gasteiger partial charge in [-0.05, 0) is 22.7 Å². The molecule has 62 valence electrons. The summed E-state index contributed by atoms with van der Waals surface area (Å²) in [5, 5.41) is 2.25. The minimum Gasteiger partial charge on any atom is -0.329 e. The molecule has 0 saturated carbocycles. The molecule has 0 aliphatic rings. The quantitative estimate of drug-likeness (QED) is 0.702. The van der Waals surface area contributed by atoms with E-state index in [1.54, 1.807) is 0 Å². The SMILES string of the molecule is CC(C)(N)[SiH2]Cc1cccs1. The minimum atomic E-state index is -0.131. The Kier molecular flexibility index (Phi) is 2.87. The van der Waals surface area contributed by atoms with Gasteiger partial charge in [0.2, 0.25) is 0 Å². The molecule has 0 atom stereocenters. The van der Waals surface area contributed by atoms with Crippen LogP contribution >= 0.6 is 11.3 Å². The summed E-state index contributed by atoms with van der Waals surface area (Å²) in [6.45, 7) is 4.26. The van der Waals surface area contributed by atoms with Crippen molar-refractivity contribution in [3.63, 3.8) is 0 Å². The fourth-order valence-electron chi connectivity index (χ4n) is 0.900. The van der Waals surface area contributed by atoms with E-state index in [1.165, 1.54) is 10.9 Å². The summed E-state index contributed by atoms with van der Waals surface area (Å²) in [4.78, 5) is 1.50. The van der Waals surface area contributed by atoms with E-state index in [2.05, 4.69) is 31.4 Å². The number of rotatable bonds is 3. The molecule has 1 aromatic rings. The van der Waals surface area contributed by atoms with Crippen LogP contribution in [0.5, 0.6) is 0 Å². The van der Waals surface area contributed by atoms with Gasteiger partial charge in [0.1, 0.15) is 0 Å². The molecule has 1 rings (SSSR count). The number of hydrogen-bond acceptors (Lipinski definition) is 2. The molecule has 3 heteroatoms. The maximum absolute atomic E-state index is 5.92. The summed E-state index contributed by atoms with van der Waals surface area (Å²) in [6, 6.07) is 5.56. The van der Waals surface area contributed by atoms with Crippen molar-refractivity contribution in [1.82, 2.24) is 0 Å². The van der Waals surface area contributed by atoms with Crippen molar-refractivity contribution in [3.8, 4) is 0 Å². The number of thiophene rings is 1. The average Bonchev–Trinajstić information content (AvgIpc) is 2.32. The van der Waals surface area contributed by atoms with E-state index in [1.807, 2.05) is 11.3 Å². The number of nitrogens with two attached hydrogens (primary N) is 1. The Bertz CT molecular complexity index is 200. The van der Waals surface area contributed by atoms with Crippen LogP contribution in [-0.2, 0) is 6.04 Å². The molecule has 1 nitrogen and oxygen atoms in total. The standard InChI is InChI=1S/C8H15NSSi/c1-8(2,9)11-6-7-4-3-5-10-7/h3-5H,6,9,11H2,1-2H3. The first kappa shape index (κ1) is 8.97. The maximum Gasteiger partial charge on any atom is 0.0489 e. The van der Waals surface area contributed by atoms with Gasteiger partial charge in [0, 0.05) is 14.4 Å². The summed E-state index contributed by atoms with van der Waals surface area (Å²) >= 11 is 1.84. The molecule has 1 aromatic heterocycles. The van der Waals surface area contributed by atoms with Gasteiger partial charge < -0.3 is 5.73 Å². The van der Waals surface area contributed by atoms with E-state index in [0.29, 0.717) is 0 Å². The smallest absolute Gasteiger partial charge is 0.0489 e. The zero-order valence-corrected chi connectivity index (χ0v) is 9.36. The highest BCUT2D eigenvalue weighted by molar-refractivity contribution is 7.10. The third-order valence-corrected chi connectivity index (χ3v) is 4.97. The van der Waals surface area contributed by atoms with E-state index < -0.39 is 0 Å². The molecule has 2 N–H and O–H groups in total. The van der Waals surface area contributed by atoms with Crippen LogP contribution in [0.25, 0.3) is 0 Å². The predicted molar refractivity (Wildman–Crippen MR) is 54.8 cm³/mol. The Hall–Kier alpha value is -0.123. The Labute approximate surface area is 74.4 Å². The Balaban J connectivity index is 2.35. The molecule has 0 fully saturated rings. The lowest BCUT2D eigenvalue weighted by atomic mass is 10.4. The fraction of sp³-hybridized carbons (Fsp3) is 0.500. The first-order valence-corrected chi connectivity index (χ1v) is 6.48. The fourth-order valence-corrected chi connectivity index (χ4v) is 3.22. The maximum atomic E-state index is 5.92. The van der Waals surface area contributed by atoms with Crippen LogP contribution in [0, 0.1) is 0 Å². The van der Waals surface area contributed by atoms with Gasteiger partial charge in [-0.15, -0.1) is 11.3 Å². The lowest BCUT2D eigenvalue weighted by Crippen LogP contribution is -2.40. The van der Waals surface area contributed by atoms with Gasteiger partial charge >= 0.3 is 0 Å². The van der Waals surface area contributed by atoms with E-state index in [-0.39, 0.29) is 14.7 Å². The van der Waals surface area contributed by atoms with Crippen molar-refractivity contribution in [2.24, 2.45) is 5.73 Å². The third-order valence-electron chi connectivity index (χ3n) is 1.60. The molecular formula is C8H15NSSi. The van der Waals surface area contributed by atoms with E-state index >= 15 is 0 Å². The Morgan fingerprint density at radius 3 is 2.82 bits per heavy atom. The van der Waals surface area contributed by atoms with Gasteiger partial charge in [-0.2, -0.15) is 0 Å².